The van der Waals surface area contributed by atoms with Gasteiger partial charge in [-0.25, -0.2) is 8.42 Å². The van der Waals surface area contributed by atoms with Gasteiger partial charge in [0.1, 0.15) is 0 Å². The van der Waals surface area contributed by atoms with E-state index in [4.69, 9.17) is 11.6 Å². The summed E-state index contributed by atoms with van der Waals surface area (Å²) in [5.41, 5.74) is 1.00. The first-order valence-corrected chi connectivity index (χ1v) is 9.88. The lowest BCUT2D eigenvalue weighted by Gasteiger charge is -2.28. The molecule has 5 nitrogen and oxygen atoms in total. The van der Waals surface area contributed by atoms with Gasteiger partial charge in [-0.05, 0) is 38.0 Å². The van der Waals surface area contributed by atoms with Crippen molar-refractivity contribution in [2.45, 2.75) is 38.4 Å². The highest BCUT2D eigenvalue weighted by Gasteiger charge is 2.34. The molecular formula is C16H23ClN2O3S. The summed E-state index contributed by atoms with van der Waals surface area (Å²) in [5, 5.41) is 3.90. The van der Waals surface area contributed by atoms with Gasteiger partial charge in [0.15, 0.2) is 9.84 Å². The Kier molecular flexibility index (Phi) is 5.70. The van der Waals surface area contributed by atoms with Crippen LogP contribution in [0, 0.1) is 0 Å². The molecule has 0 spiro atoms. The second kappa shape index (κ2) is 7.20. The zero-order valence-electron chi connectivity index (χ0n) is 13.6. The third-order valence-corrected chi connectivity index (χ3v) is 6.31. The Morgan fingerprint density at radius 1 is 1.39 bits per heavy atom. The maximum Gasteiger partial charge on any atom is 0.239 e. The van der Waals surface area contributed by atoms with Crippen LogP contribution in [0.5, 0.6) is 0 Å². The number of nitrogens with one attached hydrogen (secondary N) is 1. The van der Waals surface area contributed by atoms with Gasteiger partial charge in [-0.15, -0.1) is 0 Å². The Morgan fingerprint density at radius 3 is 2.65 bits per heavy atom. The van der Waals surface area contributed by atoms with E-state index < -0.39 is 15.9 Å². The number of carbonyl (C=O) groups excluding carboxylic acids is 1. The zero-order chi connectivity index (χ0) is 17.2. The van der Waals surface area contributed by atoms with Crippen LogP contribution in [0.25, 0.3) is 0 Å². The van der Waals surface area contributed by atoms with Gasteiger partial charge in [-0.2, -0.15) is 0 Å². The van der Waals surface area contributed by atoms with E-state index in [1.165, 1.54) is 0 Å². The molecule has 1 amide bonds. The molecule has 128 valence electrons. The van der Waals surface area contributed by atoms with Crippen molar-refractivity contribution in [3.05, 3.63) is 34.9 Å². The van der Waals surface area contributed by atoms with E-state index in [1.807, 2.05) is 25.1 Å². The number of sulfone groups is 1. The molecule has 1 aromatic rings. The maximum atomic E-state index is 12.5. The van der Waals surface area contributed by atoms with Crippen molar-refractivity contribution >= 4 is 27.3 Å². The van der Waals surface area contributed by atoms with Crippen molar-refractivity contribution in [1.82, 2.24) is 10.2 Å². The fourth-order valence-electron chi connectivity index (χ4n) is 2.88. The maximum absolute atomic E-state index is 12.5. The van der Waals surface area contributed by atoms with Crippen LogP contribution in [-0.2, 0) is 14.6 Å². The van der Waals surface area contributed by atoms with Gasteiger partial charge in [0.2, 0.25) is 5.91 Å². The highest BCUT2D eigenvalue weighted by Crippen LogP contribution is 2.20. The van der Waals surface area contributed by atoms with Crippen molar-refractivity contribution < 1.29 is 13.2 Å². The average molecular weight is 359 g/mol. The molecule has 3 unspecified atom stereocenters. The molecule has 0 aromatic heterocycles. The first kappa shape index (κ1) is 18.2. The van der Waals surface area contributed by atoms with E-state index in [2.05, 4.69) is 5.32 Å². The van der Waals surface area contributed by atoms with E-state index in [0.717, 1.165) is 5.56 Å². The minimum absolute atomic E-state index is 0.0339. The molecule has 1 N–H and O–H groups in total. The zero-order valence-corrected chi connectivity index (χ0v) is 15.2. The predicted molar refractivity (Wildman–Crippen MR) is 92.3 cm³/mol. The minimum Gasteiger partial charge on any atom is -0.340 e. The molecule has 1 heterocycles. The normalized spacial score (nSPS) is 22.5. The van der Waals surface area contributed by atoms with Crippen LogP contribution in [0.3, 0.4) is 0 Å². The Labute approximate surface area is 142 Å². The summed E-state index contributed by atoms with van der Waals surface area (Å²) in [6.07, 6.45) is 0.515. The first-order chi connectivity index (χ1) is 10.7. The Balaban J connectivity index is 1.97. The smallest absolute Gasteiger partial charge is 0.239 e. The van der Waals surface area contributed by atoms with Crippen LogP contribution in [0.1, 0.15) is 31.9 Å². The summed E-state index contributed by atoms with van der Waals surface area (Å²) in [7, 11) is -1.32. The number of hydrogen-bond acceptors (Lipinski definition) is 4. The quantitative estimate of drug-likeness (QED) is 0.874. The summed E-state index contributed by atoms with van der Waals surface area (Å²) in [5.74, 6) is 0.128. The van der Waals surface area contributed by atoms with Gasteiger partial charge < -0.3 is 4.90 Å². The highest BCUT2D eigenvalue weighted by atomic mass is 35.5. The molecule has 1 aromatic carbocycles. The number of likely N-dealkylation sites (N-methyl/N-ethyl adjacent to an activating group) is 1. The van der Waals surface area contributed by atoms with Crippen molar-refractivity contribution in [2.75, 3.05) is 18.6 Å². The highest BCUT2D eigenvalue weighted by molar-refractivity contribution is 7.91. The molecule has 23 heavy (non-hydrogen) atoms. The molecule has 0 saturated carbocycles. The predicted octanol–water partition coefficient (Wildman–Crippen LogP) is 2.02. The van der Waals surface area contributed by atoms with Gasteiger partial charge in [0, 0.05) is 24.2 Å². The molecule has 3 atom stereocenters. The molecule has 2 rings (SSSR count). The Morgan fingerprint density at radius 2 is 2.09 bits per heavy atom. The van der Waals surface area contributed by atoms with Crippen molar-refractivity contribution in [3.8, 4) is 0 Å². The van der Waals surface area contributed by atoms with E-state index in [1.54, 1.807) is 24.9 Å². The molecule has 1 aliphatic rings. The summed E-state index contributed by atoms with van der Waals surface area (Å²) in [6.45, 7) is 3.76. The van der Waals surface area contributed by atoms with Crippen molar-refractivity contribution in [2.24, 2.45) is 0 Å². The molecule has 0 radical (unpaired) electrons. The number of nitrogens with zero attached hydrogens (tertiary/aromatic N) is 1. The van der Waals surface area contributed by atoms with Crippen LogP contribution in [0.15, 0.2) is 24.3 Å². The molecule has 7 heteroatoms. The average Bonchev–Trinajstić information content (AvgIpc) is 2.85. The van der Waals surface area contributed by atoms with Crippen LogP contribution in [0.2, 0.25) is 5.02 Å². The second-order valence-electron chi connectivity index (χ2n) is 6.17. The number of halogens is 1. The molecule has 0 aliphatic carbocycles. The van der Waals surface area contributed by atoms with Crippen molar-refractivity contribution in [3.63, 3.8) is 0 Å². The second-order valence-corrected chi connectivity index (χ2v) is 8.84. The molecule has 1 saturated heterocycles. The van der Waals surface area contributed by atoms with Gasteiger partial charge in [-0.1, -0.05) is 23.7 Å². The standard InChI is InChI=1S/C16H23ClN2O3S/c1-11(13-5-4-6-14(17)9-13)18-12(2)16(20)19(3)15-7-8-23(21,22)10-15/h4-6,9,11-12,15,18H,7-8,10H2,1-3H3. The number of benzene rings is 1. The third-order valence-electron chi connectivity index (χ3n) is 4.32. The lowest BCUT2D eigenvalue weighted by atomic mass is 10.1. The summed E-state index contributed by atoms with van der Waals surface area (Å²) < 4.78 is 23.1. The summed E-state index contributed by atoms with van der Waals surface area (Å²) in [6, 6.07) is 6.83. The van der Waals surface area contributed by atoms with Gasteiger partial charge in [0.05, 0.1) is 17.5 Å². The number of amides is 1. The van der Waals surface area contributed by atoms with Gasteiger partial charge >= 0.3 is 0 Å². The molecule has 0 bridgehead atoms. The summed E-state index contributed by atoms with van der Waals surface area (Å²) >= 11 is 5.99. The largest absolute Gasteiger partial charge is 0.340 e. The van der Waals surface area contributed by atoms with Crippen LogP contribution in [-0.4, -0.2) is 49.9 Å². The van der Waals surface area contributed by atoms with Crippen LogP contribution in [0.4, 0.5) is 0 Å². The van der Waals surface area contributed by atoms with Crippen LogP contribution < -0.4 is 5.32 Å². The Bertz CT molecular complexity index is 678. The van der Waals surface area contributed by atoms with Crippen LogP contribution >= 0.6 is 11.6 Å². The topological polar surface area (TPSA) is 66.5 Å². The van der Waals surface area contributed by atoms with E-state index in [9.17, 15) is 13.2 Å². The van der Waals surface area contributed by atoms with E-state index in [0.29, 0.717) is 11.4 Å². The van der Waals surface area contributed by atoms with Gasteiger partial charge in [-0.3, -0.25) is 10.1 Å². The monoisotopic (exact) mass is 358 g/mol. The van der Waals surface area contributed by atoms with E-state index in [-0.39, 0.29) is 29.5 Å². The Hall–Kier alpha value is -1.11. The number of carbonyl (C=O) groups is 1. The van der Waals surface area contributed by atoms with Gasteiger partial charge in [0.25, 0.3) is 0 Å². The lowest BCUT2D eigenvalue weighted by Crippen LogP contribution is -2.48. The number of rotatable bonds is 5. The fourth-order valence-corrected chi connectivity index (χ4v) is 4.86. The first-order valence-electron chi connectivity index (χ1n) is 7.68. The number of hydrogen-bond donors (Lipinski definition) is 1. The SMILES string of the molecule is CC(NC(C)c1cccc(Cl)c1)C(=O)N(C)C1CCS(=O)(=O)C1. The minimum atomic E-state index is -3.00. The molecular weight excluding hydrogens is 336 g/mol. The molecule has 1 aliphatic heterocycles. The fraction of sp³-hybridized carbons (Fsp3) is 0.562. The lowest BCUT2D eigenvalue weighted by molar-refractivity contribution is -0.133. The van der Waals surface area contributed by atoms with E-state index >= 15 is 0 Å². The summed E-state index contributed by atoms with van der Waals surface area (Å²) in [4.78, 5) is 14.1. The van der Waals surface area contributed by atoms with Crippen molar-refractivity contribution in [1.29, 1.82) is 0 Å². The third kappa shape index (κ3) is 4.68. The molecule has 1 fully saturated rings.